The molecule has 0 N–H and O–H groups in total. The minimum atomic E-state index is 0.816. The average molecular weight is 716 g/mol. The minimum Gasteiger partial charge on any atom is -0.453 e. The molecule has 0 saturated heterocycles. The van der Waals surface area contributed by atoms with E-state index in [1.165, 1.54) is 27.8 Å². The van der Waals surface area contributed by atoms with Crippen LogP contribution < -0.4 is 9.64 Å². The van der Waals surface area contributed by atoms with Gasteiger partial charge in [0.25, 0.3) is 0 Å². The molecule has 0 spiro atoms. The molecule has 1 aliphatic heterocycles. The van der Waals surface area contributed by atoms with Crippen LogP contribution in [0.15, 0.2) is 224 Å². The van der Waals surface area contributed by atoms with Crippen molar-refractivity contribution in [3.8, 4) is 78.3 Å². The summed E-state index contributed by atoms with van der Waals surface area (Å²) in [7, 11) is 0. The number of benzene rings is 9. The Labute approximate surface area is 328 Å². The third-order valence-corrected chi connectivity index (χ3v) is 10.7. The van der Waals surface area contributed by atoms with E-state index in [9.17, 15) is 0 Å². The molecule has 2 nitrogen and oxygen atoms in total. The Hall–Kier alpha value is -7.42. The molecule has 2 heteroatoms. The molecule has 0 radical (unpaired) electrons. The fourth-order valence-corrected chi connectivity index (χ4v) is 7.93. The summed E-state index contributed by atoms with van der Waals surface area (Å²) < 4.78 is 7.34. The fraction of sp³-hybridized carbons (Fsp3) is 0. The van der Waals surface area contributed by atoms with Crippen molar-refractivity contribution in [1.82, 2.24) is 0 Å². The first-order valence-electron chi connectivity index (χ1n) is 19.1. The molecule has 9 aromatic carbocycles. The lowest BCUT2D eigenvalue weighted by Crippen LogP contribution is -2.11. The summed E-state index contributed by atoms with van der Waals surface area (Å²) in [6.07, 6.45) is 0. The third-order valence-electron chi connectivity index (χ3n) is 10.7. The molecule has 0 unspecified atom stereocenters. The number of nitrogens with zero attached hydrogens (tertiary/aromatic N) is 1. The second-order valence-electron chi connectivity index (χ2n) is 14.1. The molecular weight excluding hydrogens is 679 g/mol. The highest BCUT2D eigenvalue weighted by Crippen LogP contribution is 2.54. The van der Waals surface area contributed by atoms with Gasteiger partial charge in [-0.3, -0.25) is 0 Å². The van der Waals surface area contributed by atoms with Gasteiger partial charge < -0.3 is 9.64 Å². The van der Waals surface area contributed by atoms with Gasteiger partial charge in [-0.15, -0.1) is 0 Å². The monoisotopic (exact) mass is 715 g/mol. The molecular formula is C54H37NO. The van der Waals surface area contributed by atoms with Crippen molar-refractivity contribution in [2.24, 2.45) is 0 Å². The molecule has 0 fully saturated rings. The second-order valence-corrected chi connectivity index (χ2v) is 14.1. The number of rotatable bonds is 7. The highest BCUT2D eigenvalue weighted by Gasteiger charge is 2.28. The average Bonchev–Trinajstić information content (AvgIpc) is 3.43. The van der Waals surface area contributed by atoms with Gasteiger partial charge in [-0.25, -0.2) is 0 Å². The number of anilines is 3. The molecule has 0 amide bonds. The zero-order chi connectivity index (χ0) is 37.3. The van der Waals surface area contributed by atoms with E-state index in [0.29, 0.717) is 0 Å². The highest BCUT2D eigenvalue weighted by molar-refractivity contribution is 5.97. The van der Waals surface area contributed by atoms with Gasteiger partial charge >= 0.3 is 0 Å². The van der Waals surface area contributed by atoms with E-state index in [1.54, 1.807) is 0 Å². The zero-order valence-corrected chi connectivity index (χ0v) is 30.7. The number of hydrogen-bond acceptors (Lipinski definition) is 2. The second kappa shape index (κ2) is 14.4. The predicted octanol–water partition coefficient (Wildman–Crippen LogP) is 15.3. The molecule has 0 aliphatic carbocycles. The lowest BCUT2D eigenvalue weighted by atomic mass is 9.92. The van der Waals surface area contributed by atoms with E-state index < -0.39 is 0 Å². The van der Waals surface area contributed by atoms with Crippen LogP contribution in [0.1, 0.15) is 0 Å². The molecule has 264 valence electrons. The van der Waals surface area contributed by atoms with E-state index in [1.807, 2.05) is 0 Å². The van der Waals surface area contributed by atoms with Gasteiger partial charge in [0, 0.05) is 28.1 Å². The number of fused-ring (bicyclic) bond motifs is 5. The van der Waals surface area contributed by atoms with Crippen molar-refractivity contribution >= 4 is 17.1 Å². The molecule has 0 saturated carbocycles. The Morgan fingerprint density at radius 1 is 0.232 bits per heavy atom. The van der Waals surface area contributed by atoms with Crippen molar-refractivity contribution < 1.29 is 4.74 Å². The predicted molar refractivity (Wildman–Crippen MR) is 234 cm³/mol. The zero-order valence-electron chi connectivity index (χ0n) is 30.7. The smallest absolute Gasteiger partial charge is 0.159 e. The van der Waals surface area contributed by atoms with E-state index in [4.69, 9.17) is 4.74 Å². The number of hydrogen-bond donors (Lipinski definition) is 0. The van der Waals surface area contributed by atoms with Crippen LogP contribution in [-0.2, 0) is 0 Å². The van der Waals surface area contributed by atoms with Crippen LogP contribution >= 0.6 is 0 Å². The quantitative estimate of drug-likeness (QED) is 0.163. The van der Waals surface area contributed by atoms with Crippen molar-refractivity contribution in [2.45, 2.75) is 0 Å². The molecule has 0 aromatic heterocycles. The number of para-hydroxylation sites is 3. The largest absolute Gasteiger partial charge is 0.453 e. The first-order chi connectivity index (χ1) is 27.8. The summed E-state index contributed by atoms with van der Waals surface area (Å²) in [5.74, 6) is 1.66. The van der Waals surface area contributed by atoms with Crippen LogP contribution in [-0.4, -0.2) is 0 Å². The van der Waals surface area contributed by atoms with E-state index in [0.717, 1.165) is 67.5 Å². The van der Waals surface area contributed by atoms with Gasteiger partial charge in [0.05, 0.1) is 5.69 Å². The summed E-state index contributed by atoms with van der Waals surface area (Å²) in [6.45, 7) is 0. The van der Waals surface area contributed by atoms with Crippen LogP contribution in [0.3, 0.4) is 0 Å². The van der Waals surface area contributed by atoms with Gasteiger partial charge in [0.15, 0.2) is 5.75 Å². The maximum atomic E-state index is 7.34. The normalized spacial score (nSPS) is 11.4. The van der Waals surface area contributed by atoms with E-state index >= 15 is 0 Å². The van der Waals surface area contributed by atoms with Gasteiger partial charge in [-0.2, -0.15) is 0 Å². The SMILES string of the molecule is c1ccc(-c2ccc(-c3ccc(N(c4ccccc4)c4cccc5c4Oc4c(-c6ccc(-c7ccccc7)cc6)cccc4-c4ccccc4-5)cc3)cc2)cc1. The standard InChI is InChI=1S/C54H37NO/c1-4-14-38(15-5-1)40-26-28-42(29-27-40)43-34-36-46(37-35-43)55(45-18-8-3-9-19-45)52-25-13-24-51-49-21-11-10-20-48(49)50-23-12-22-47(53(50)56-54(51)52)44-32-30-41(31-33-44)39-16-6-2-7-17-39/h1-37H. The summed E-state index contributed by atoms with van der Waals surface area (Å²) in [5, 5.41) is 0. The summed E-state index contributed by atoms with van der Waals surface area (Å²) in [5.41, 5.74) is 16.8. The van der Waals surface area contributed by atoms with Crippen molar-refractivity contribution in [3.05, 3.63) is 224 Å². The lowest BCUT2D eigenvalue weighted by Gasteiger charge is -2.28. The molecule has 9 aromatic rings. The number of ether oxygens (including phenoxy) is 1. The minimum absolute atomic E-state index is 0.816. The van der Waals surface area contributed by atoms with Crippen LogP contribution in [0.25, 0.3) is 66.8 Å². The highest BCUT2D eigenvalue weighted by atomic mass is 16.5. The first kappa shape index (κ1) is 33.2. The topological polar surface area (TPSA) is 12.5 Å². The van der Waals surface area contributed by atoms with Gasteiger partial charge in [0.1, 0.15) is 5.75 Å². The Kier molecular flexibility index (Phi) is 8.55. The molecule has 0 atom stereocenters. The Morgan fingerprint density at radius 3 is 1.12 bits per heavy atom. The molecule has 1 heterocycles. The Bertz CT molecular complexity index is 2780. The van der Waals surface area contributed by atoms with Gasteiger partial charge in [-0.1, -0.05) is 194 Å². The molecule has 1 aliphatic rings. The maximum absolute atomic E-state index is 7.34. The maximum Gasteiger partial charge on any atom is 0.159 e. The lowest BCUT2D eigenvalue weighted by molar-refractivity contribution is 0.490. The van der Waals surface area contributed by atoms with Crippen LogP contribution in [0.5, 0.6) is 11.5 Å². The van der Waals surface area contributed by atoms with Gasteiger partial charge in [0.2, 0.25) is 0 Å². The molecule has 56 heavy (non-hydrogen) atoms. The van der Waals surface area contributed by atoms with Crippen LogP contribution in [0.4, 0.5) is 17.1 Å². The van der Waals surface area contributed by atoms with Crippen molar-refractivity contribution in [1.29, 1.82) is 0 Å². The summed E-state index contributed by atoms with van der Waals surface area (Å²) >= 11 is 0. The van der Waals surface area contributed by atoms with Crippen molar-refractivity contribution in [3.63, 3.8) is 0 Å². The van der Waals surface area contributed by atoms with Crippen LogP contribution in [0, 0.1) is 0 Å². The van der Waals surface area contributed by atoms with Crippen molar-refractivity contribution in [2.75, 3.05) is 4.90 Å². The Morgan fingerprint density at radius 2 is 0.589 bits per heavy atom. The third kappa shape index (κ3) is 6.14. The summed E-state index contributed by atoms with van der Waals surface area (Å²) in [6, 6.07) is 79.7. The van der Waals surface area contributed by atoms with E-state index in [2.05, 4.69) is 229 Å². The first-order valence-corrected chi connectivity index (χ1v) is 19.1. The Balaban J connectivity index is 1.08. The van der Waals surface area contributed by atoms with E-state index in [-0.39, 0.29) is 0 Å². The summed E-state index contributed by atoms with van der Waals surface area (Å²) in [4.78, 5) is 2.31. The van der Waals surface area contributed by atoms with Crippen LogP contribution in [0.2, 0.25) is 0 Å². The molecule has 10 rings (SSSR count). The molecule has 0 bridgehead atoms. The fourth-order valence-electron chi connectivity index (χ4n) is 7.93. The van der Waals surface area contributed by atoms with Gasteiger partial charge in [-0.05, 0) is 80.4 Å².